The Hall–Kier alpha value is -1.93. The Morgan fingerprint density at radius 3 is 3.10 bits per heavy atom. The minimum atomic E-state index is -0.645. The molecule has 1 N–H and O–H groups in total. The second kappa shape index (κ2) is 7.19. The Labute approximate surface area is 122 Å². The third kappa shape index (κ3) is 3.59. The average Bonchev–Trinajstić information content (AvgIpc) is 2.96. The maximum Gasteiger partial charge on any atom is 0.330 e. The van der Waals surface area contributed by atoms with Crippen molar-refractivity contribution in [2.75, 3.05) is 33.4 Å². The number of nitrogens with one attached hydrogen (secondary N) is 1. The van der Waals surface area contributed by atoms with E-state index >= 15 is 0 Å². The van der Waals surface area contributed by atoms with Gasteiger partial charge in [0.15, 0.2) is 11.5 Å². The lowest BCUT2D eigenvalue weighted by molar-refractivity contribution is -0.149. The largest absolute Gasteiger partial charge is 0.464 e. The molecule has 1 amide bonds. The highest BCUT2D eigenvalue weighted by Gasteiger charge is 2.34. The van der Waals surface area contributed by atoms with Gasteiger partial charge in [0, 0.05) is 32.8 Å². The molecule has 0 bridgehead atoms. The van der Waals surface area contributed by atoms with Gasteiger partial charge in [-0.25, -0.2) is 4.79 Å². The molecule has 21 heavy (non-hydrogen) atoms. The number of hydrogen-bond donors (Lipinski definition) is 1. The van der Waals surface area contributed by atoms with E-state index in [-0.39, 0.29) is 24.8 Å². The molecule has 116 valence electrons. The number of esters is 1. The Morgan fingerprint density at radius 2 is 2.38 bits per heavy atom. The number of nitrogens with zero attached hydrogens (tertiary/aromatic N) is 2. The number of aromatic nitrogens is 1. The summed E-state index contributed by atoms with van der Waals surface area (Å²) >= 11 is 0. The standard InChI is InChI=1S/C13H19N3O5/c1-3-20-13(18)11-7-14-4-5-16(11)12(17)10-6-9(8-19-2)21-15-10/h6,11,14H,3-5,7-8H2,1-2H3. The molecule has 1 aromatic heterocycles. The van der Waals surface area contributed by atoms with Gasteiger partial charge in [-0.1, -0.05) is 5.16 Å². The van der Waals surface area contributed by atoms with Gasteiger partial charge in [0.1, 0.15) is 12.6 Å². The smallest absolute Gasteiger partial charge is 0.330 e. The minimum absolute atomic E-state index is 0.165. The molecule has 1 aromatic rings. The minimum Gasteiger partial charge on any atom is -0.464 e. The fraction of sp³-hybridized carbons (Fsp3) is 0.615. The van der Waals surface area contributed by atoms with Gasteiger partial charge in [-0.15, -0.1) is 0 Å². The normalized spacial score (nSPS) is 18.6. The third-order valence-corrected chi connectivity index (χ3v) is 3.13. The van der Waals surface area contributed by atoms with E-state index < -0.39 is 12.0 Å². The first-order valence-electron chi connectivity index (χ1n) is 6.80. The molecule has 1 aliphatic heterocycles. The van der Waals surface area contributed by atoms with Crippen LogP contribution < -0.4 is 5.32 Å². The van der Waals surface area contributed by atoms with Crippen molar-refractivity contribution in [3.8, 4) is 0 Å². The summed E-state index contributed by atoms with van der Waals surface area (Å²) in [6, 6.07) is 0.879. The summed E-state index contributed by atoms with van der Waals surface area (Å²) < 4.78 is 14.9. The number of ether oxygens (including phenoxy) is 2. The van der Waals surface area contributed by atoms with Crippen LogP contribution in [-0.2, 0) is 20.9 Å². The molecule has 0 saturated carbocycles. The lowest BCUT2D eigenvalue weighted by atomic mass is 10.1. The predicted molar refractivity (Wildman–Crippen MR) is 71.5 cm³/mol. The zero-order valence-electron chi connectivity index (χ0n) is 12.1. The molecule has 2 rings (SSSR count). The number of piperazine rings is 1. The van der Waals surface area contributed by atoms with Gasteiger partial charge < -0.3 is 24.2 Å². The maximum atomic E-state index is 12.5. The monoisotopic (exact) mass is 297 g/mol. The fourth-order valence-corrected chi connectivity index (χ4v) is 2.17. The van der Waals surface area contributed by atoms with Crippen LogP contribution in [0.25, 0.3) is 0 Å². The van der Waals surface area contributed by atoms with Crippen LogP contribution in [0.3, 0.4) is 0 Å². The van der Waals surface area contributed by atoms with Crippen LogP contribution in [0.4, 0.5) is 0 Å². The zero-order chi connectivity index (χ0) is 15.2. The molecule has 1 atom stereocenters. The number of amides is 1. The van der Waals surface area contributed by atoms with Gasteiger partial charge in [-0.2, -0.15) is 0 Å². The van der Waals surface area contributed by atoms with Crippen LogP contribution >= 0.6 is 0 Å². The molecule has 0 aromatic carbocycles. The first-order chi connectivity index (χ1) is 10.2. The van der Waals surface area contributed by atoms with E-state index in [1.165, 1.54) is 18.1 Å². The van der Waals surface area contributed by atoms with Gasteiger partial charge in [0.2, 0.25) is 0 Å². The van der Waals surface area contributed by atoms with Gasteiger partial charge >= 0.3 is 5.97 Å². The van der Waals surface area contributed by atoms with E-state index in [1.54, 1.807) is 6.92 Å². The summed E-state index contributed by atoms with van der Waals surface area (Å²) in [5.74, 6) is -0.303. The third-order valence-electron chi connectivity index (χ3n) is 3.13. The zero-order valence-corrected chi connectivity index (χ0v) is 12.1. The van der Waals surface area contributed by atoms with Crippen LogP contribution in [0, 0.1) is 0 Å². The molecule has 0 aliphatic carbocycles. The van der Waals surface area contributed by atoms with Crippen molar-refractivity contribution in [2.45, 2.75) is 19.6 Å². The number of methoxy groups -OCH3 is 1. The van der Waals surface area contributed by atoms with Crippen LogP contribution in [0.2, 0.25) is 0 Å². The quantitative estimate of drug-likeness (QED) is 0.752. The fourth-order valence-electron chi connectivity index (χ4n) is 2.17. The lowest BCUT2D eigenvalue weighted by Crippen LogP contribution is -2.57. The Kier molecular flexibility index (Phi) is 5.29. The number of carbonyl (C=O) groups is 2. The summed E-state index contributed by atoms with van der Waals surface area (Å²) in [6.07, 6.45) is 0. The maximum absolute atomic E-state index is 12.5. The number of hydrogen-bond acceptors (Lipinski definition) is 7. The summed E-state index contributed by atoms with van der Waals surface area (Å²) in [6.45, 7) is 3.64. The van der Waals surface area contributed by atoms with Crippen LogP contribution in [0.15, 0.2) is 10.6 Å². The summed E-state index contributed by atoms with van der Waals surface area (Å²) in [5, 5.41) is 6.81. The van der Waals surface area contributed by atoms with Gasteiger partial charge in [-0.05, 0) is 6.92 Å². The molecule has 8 heteroatoms. The summed E-state index contributed by atoms with van der Waals surface area (Å²) in [4.78, 5) is 25.9. The molecule has 1 aliphatic rings. The first kappa shape index (κ1) is 15.5. The molecule has 1 unspecified atom stereocenters. The van der Waals surface area contributed by atoms with Crippen LogP contribution in [0.5, 0.6) is 0 Å². The van der Waals surface area contributed by atoms with Crippen molar-refractivity contribution < 1.29 is 23.6 Å². The second-order valence-electron chi connectivity index (χ2n) is 4.58. The van der Waals surface area contributed by atoms with Crippen LogP contribution in [0.1, 0.15) is 23.2 Å². The predicted octanol–water partition coefficient (Wildman–Crippen LogP) is -0.202. The van der Waals surface area contributed by atoms with E-state index in [9.17, 15) is 9.59 Å². The van der Waals surface area contributed by atoms with Gasteiger partial charge in [0.25, 0.3) is 5.91 Å². The van der Waals surface area contributed by atoms with Crippen molar-refractivity contribution >= 4 is 11.9 Å². The topological polar surface area (TPSA) is 93.9 Å². The van der Waals surface area contributed by atoms with Gasteiger partial charge in [0.05, 0.1) is 6.61 Å². The molecule has 8 nitrogen and oxygen atoms in total. The van der Waals surface area contributed by atoms with Gasteiger partial charge in [-0.3, -0.25) is 4.79 Å². The van der Waals surface area contributed by atoms with E-state index in [0.29, 0.717) is 25.4 Å². The summed E-state index contributed by atoms with van der Waals surface area (Å²) in [5.41, 5.74) is 0.165. The highest BCUT2D eigenvalue weighted by Crippen LogP contribution is 2.13. The molecule has 1 fully saturated rings. The van der Waals surface area contributed by atoms with Crippen LogP contribution in [-0.4, -0.2) is 61.3 Å². The molecule has 1 saturated heterocycles. The Balaban J connectivity index is 2.12. The Morgan fingerprint density at radius 1 is 1.57 bits per heavy atom. The van der Waals surface area contributed by atoms with Crippen molar-refractivity contribution in [1.29, 1.82) is 0 Å². The SMILES string of the molecule is CCOC(=O)C1CNCCN1C(=O)c1cc(COC)on1. The highest BCUT2D eigenvalue weighted by molar-refractivity contribution is 5.95. The molecule has 0 radical (unpaired) electrons. The molecular weight excluding hydrogens is 278 g/mol. The molecule has 2 heterocycles. The van der Waals surface area contributed by atoms with Crippen molar-refractivity contribution in [3.63, 3.8) is 0 Å². The van der Waals surface area contributed by atoms with Crippen molar-refractivity contribution in [1.82, 2.24) is 15.4 Å². The lowest BCUT2D eigenvalue weighted by Gasteiger charge is -2.33. The van der Waals surface area contributed by atoms with E-state index in [1.807, 2.05) is 0 Å². The molecular formula is C13H19N3O5. The number of carbonyl (C=O) groups excluding carboxylic acids is 2. The van der Waals surface area contributed by atoms with E-state index in [2.05, 4.69) is 10.5 Å². The van der Waals surface area contributed by atoms with Crippen molar-refractivity contribution in [2.24, 2.45) is 0 Å². The van der Waals surface area contributed by atoms with E-state index in [0.717, 1.165) is 0 Å². The first-order valence-corrected chi connectivity index (χ1v) is 6.80. The second-order valence-corrected chi connectivity index (χ2v) is 4.58. The Bertz CT molecular complexity index is 502. The van der Waals surface area contributed by atoms with Crippen molar-refractivity contribution in [3.05, 3.63) is 17.5 Å². The average molecular weight is 297 g/mol. The molecule has 0 spiro atoms. The highest BCUT2D eigenvalue weighted by atomic mass is 16.5. The number of rotatable bonds is 5. The summed E-state index contributed by atoms with van der Waals surface area (Å²) in [7, 11) is 1.52. The van der Waals surface area contributed by atoms with E-state index in [4.69, 9.17) is 14.0 Å².